The van der Waals surface area contributed by atoms with E-state index in [2.05, 4.69) is 15.0 Å². The summed E-state index contributed by atoms with van der Waals surface area (Å²) in [5.41, 5.74) is 0.477. The van der Waals surface area contributed by atoms with Gasteiger partial charge in [-0.25, -0.2) is 4.98 Å². The molecular weight excluding hydrogens is 518 g/mol. The molecule has 1 amide bonds. The van der Waals surface area contributed by atoms with Crippen LogP contribution >= 0.6 is 23.5 Å². The van der Waals surface area contributed by atoms with Crippen LogP contribution in [0.1, 0.15) is 0 Å². The fraction of sp³-hybridized carbons (Fsp3) is 0.125. The highest BCUT2D eigenvalue weighted by atomic mass is 32.2. The number of aromatic nitrogens is 2. The number of fused-ring (bicyclic) bond motifs is 1. The van der Waals surface area contributed by atoms with E-state index in [4.69, 9.17) is 0 Å². The Labute approximate surface area is 210 Å². The molecule has 4 aromatic rings. The molecule has 6 nitrogen and oxygen atoms in total. The summed E-state index contributed by atoms with van der Waals surface area (Å²) in [6, 6.07) is 18.4. The second-order valence-electron chi connectivity index (χ2n) is 7.14. The van der Waals surface area contributed by atoms with Gasteiger partial charge in [-0.3, -0.25) is 14.2 Å². The molecule has 0 fully saturated rings. The summed E-state index contributed by atoms with van der Waals surface area (Å²) in [6.45, 7) is -3.06. The van der Waals surface area contributed by atoms with E-state index in [0.717, 1.165) is 11.8 Å². The van der Waals surface area contributed by atoms with Gasteiger partial charge in [0.2, 0.25) is 5.91 Å². The highest BCUT2D eigenvalue weighted by Gasteiger charge is 2.17. The highest BCUT2D eigenvalue weighted by Crippen LogP contribution is 2.28. The Morgan fingerprint density at radius 1 is 0.972 bits per heavy atom. The molecule has 0 radical (unpaired) electrons. The first-order valence-electron chi connectivity index (χ1n) is 10.4. The minimum atomic E-state index is -3.06. The minimum Gasteiger partial charge on any atom is -0.433 e. The average molecular weight is 536 g/mol. The van der Waals surface area contributed by atoms with Crippen LogP contribution in [-0.4, -0.2) is 33.6 Å². The van der Waals surface area contributed by atoms with E-state index < -0.39 is 23.8 Å². The van der Waals surface area contributed by atoms with Crippen LogP contribution in [0, 0.1) is 0 Å². The van der Waals surface area contributed by atoms with Gasteiger partial charge in [-0.15, -0.1) is 0 Å². The van der Waals surface area contributed by atoms with Crippen LogP contribution in [0.2, 0.25) is 0 Å². The van der Waals surface area contributed by atoms with E-state index in [1.54, 1.807) is 30.3 Å². The molecule has 0 spiro atoms. The van der Waals surface area contributed by atoms with Gasteiger partial charge < -0.3 is 10.1 Å². The Morgan fingerprint density at radius 2 is 1.67 bits per heavy atom. The number of nitrogens with one attached hydrogen (secondary N) is 1. The zero-order chi connectivity index (χ0) is 25.7. The lowest BCUT2D eigenvalue weighted by atomic mass is 10.2. The van der Waals surface area contributed by atoms with E-state index >= 15 is 0 Å². The van der Waals surface area contributed by atoms with Crippen molar-refractivity contribution in [3.8, 4) is 11.4 Å². The van der Waals surface area contributed by atoms with E-state index in [1.165, 1.54) is 47.0 Å². The zero-order valence-corrected chi connectivity index (χ0v) is 19.9. The highest BCUT2D eigenvalue weighted by molar-refractivity contribution is 8.00. The third kappa shape index (κ3) is 6.18. The molecule has 12 heteroatoms. The number of amides is 1. The summed E-state index contributed by atoms with van der Waals surface area (Å²) >= 11 is 1.34. The molecule has 1 aromatic heterocycles. The summed E-state index contributed by atoms with van der Waals surface area (Å²) in [5.74, 6) is -3.51. The number of halogens is 4. The largest absolute Gasteiger partial charge is 0.433 e. The maximum absolute atomic E-state index is 13.3. The number of alkyl halides is 4. The van der Waals surface area contributed by atoms with Crippen molar-refractivity contribution in [3.63, 3.8) is 0 Å². The molecule has 0 aliphatic heterocycles. The Bertz CT molecular complexity index is 1430. The van der Waals surface area contributed by atoms with Gasteiger partial charge in [0.1, 0.15) is 5.75 Å². The molecule has 36 heavy (non-hydrogen) atoms. The molecular formula is C24H17F4N3O3S2. The molecule has 4 rings (SSSR count). The predicted octanol–water partition coefficient (Wildman–Crippen LogP) is 6.03. The zero-order valence-electron chi connectivity index (χ0n) is 18.2. The van der Waals surface area contributed by atoms with Crippen LogP contribution in [0.25, 0.3) is 16.6 Å². The lowest BCUT2D eigenvalue weighted by Gasteiger charge is -2.14. The van der Waals surface area contributed by atoms with Crippen LogP contribution in [0.5, 0.6) is 5.75 Å². The molecule has 1 N–H and O–H groups in total. The summed E-state index contributed by atoms with van der Waals surface area (Å²) in [4.78, 5) is 30.7. The van der Waals surface area contributed by atoms with Crippen LogP contribution in [0.4, 0.5) is 23.2 Å². The lowest BCUT2D eigenvalue weighted by molar-refractivity contribution is -0.113. The van der Waals surface area contributed by atoms with E-state index in [0.29, 0.717) is 33.2 Å². The first-order chi connectivity index (χ1) is 17.3. The second-order valence-corrected chi connectivity index (χ2v) is 9.14. The molecule has 0 unspecified atom stereocenters. The van der Waals surface area contributed by atoms with Crippen molar-refractivity contribution < 1.29 is 27.1 Å². The third-order valence-electron chi connectivity index (χ3n) is 4.77. The predicted molar refractivity (Wildman–Crippen MR) is 132 cm³/mol. The SMILES string of the molecule is O=C(CSc1nc2ccccc2c(=O)n1-c1ccc(SC(F)F)cc1)Nc1ccccc1OC(F)F. The van der Waals surface area contributed by atoms with Gasteiger partial charge in [0.25, 0.3) is 11.3 Å². The van der Waals surface area contributed by atoms with Gasteiger partial charge in [0.15, 0.2) is 5.16 Å². The fourth-order valence-corrected chi connectivity index (χ4v) is 4.61. The normalized spacial score (nSPS) is 11.3. The van der Waals surface area contributed by atoms with Crippen molar-refractivity contribution in [2.24, 2.45) is 0 Å². The number of benzene rings is 3. The first-order valence-corrected chi connectivity index (χ1v) is 12.2. The number of rotatable bonds is 9. The van der Waals surface area contributed by atoms with E-state index in [9.17, 15) is 27.2 Å². The van der Waals surface area contributed by atoms with Gasteiger partial charge in [-0.05, 0) is 48.5 Å². The Kier molecular flexibility index (Phi) is 8.16. The fourth-order valence-electron chi connectivity index (χ4n) is 3.30. The van der Waals surface area contributed by atoms with Crippen LogP contribution < -0.4 is 15.6 Å². The number of para-hydroxylation sites is 3. The molecule has 3 aromatic carbocycles. The lowest BCUT2D eigenvalue weighted by Crippen LogP contribution is -2.23. The third-order valence-corrected chi connectivity index (χ3v) is 6.44. The molecule has 186 valence electrons. The summed E-state index contributed by atoms with van der Waals surface area (Å²) in [7, 11) is 0. The van der Waals surface area contributed by atoms with Gasteiger partial charge in [-0.2, -0.15) is 17.6 Å². The number of anilines is 1. The second kappa shape index (κ2) is 11.5. The quantitative estimate of drug-likeness (QED) is 0.160. The molecule has 0 saturated heterocycles. The van der Waals surface area contributed by atoms with Crippen LogP contribution in [0.15, 0.2) is 87.6 Å². The molecule has 0 saturated carbocycles. The number of ether oxygens (including phenoxy) is 1. The Balaban J connectivity index is 1.62. The summed E-state index contributed by atoms with van der Waals surface area (Å²) in [5, 5.41) is 3.05. The maximum Gasteiger partial charge on any atom is 0.387 e. The van der Waals surface area contributed by atoms with E-state index in [-0.39, 0.29) is 22.3 Å². The van der Waals surface area contributed by atoms with Crippen molar-refractivity contribution in [1.29, 1.82) is 0 Å². The van der Waals surface area contributed by atoms with Crippen LogP contribution in [-0.2, 0) is 4.79 Å². The average Bonchev–Trinajstić information content (AvgIpc) is 2.84. The number of hydrogen-bond acceptors (Lipinski definition) is 6. The number of thioether (sulfide) groups is 2. The van der Waals surface area contributed by atoms with Crippen LogP contribution in [0.3, 0.4) is 0 Å². The Morgan fingerprint density at radius 3 is 2.39 bits per heavy atom. The standard InChI is InChI=1S/C24H17F4N3O3S2/c25-22(26)34-19-8-4-3-7-18(19)29-20(32)13-35-24-30-17-6-2-1-5-16(17)21(33)31(24)14-9-11-15(12-10-14)36-23(27)28/h1-12,22-23H,13H2,(H,29,32). The number of nitrogens with zero attached hydrogens (tertiary/aromatic N) is 2. The monoisotopic (exact) mass is 535 g/mol. The van der Waals surface area contributed by atoms with Crippen molar-refractivity contribution in [1.82, 2.24) is 9.55 Å². The van der Waals surface area contributed by atoms with Gasteiger partial charge in [0.05, 0.1) is 28.0 Å². The van der Waals surface area contributed by atoms with E-state index in [1.807, 2.05) is 0 Å². The molecule has 0 aliphatic carbocycles. The first kappa shape index (κ1) is 25.6. The number of carbonyl (C=O) groups excluding carboxylic acids is 1. The smallest absolute Gasteiger partial charge is 0.387 e. The summed E-state index contributed by atoms with van der Waals surface area (Å²) < 4.78 is 56.4. The Hall–Kier alpha value is -3.51. The number of carbonyl (C=O) groups is 1. The van der Waals surface area contributed by atoms with Gasteiger partial charge >= 0.3 is 6.61 Å². The molecule has 0 atom stereocenters. The van der Waals surface area contributed by atoms with Crippen molar-refractivity contribution in [2.45, 2.75) is 22.4 Å². The van der Waals surface area contributed by atoms with Crippen molar-refractivity contribution in [3.05, 3.63) is 83.2 Å². The van der Waals surface area contributed by atoms with Gasteiger partial charge in [-0.1, -0.05) is 47.8 Å². The molecule has 0 bridgehead atoms. The minimum absolute atomic E-state index is 0.0689. The number of hydrogen-bond donors (Lipinski definition) is 1. The van der Waals surface area contributed by atoms with Crippen molar-refractivity contribution >= 4 is 46.0 Å². The molecule has 1 heterocycles. The molecule has 0 aliphatic rings. The maximum atomic E-state index is 13.3. The van der Waals surface area contributed by atoms with Crippen molar-refractivity contribution in [2.75, 3.05) is 11.1 Å². The van der Waals surface area contributed by atoms with Gasteiger partial charge in [0, 0.05) is 4.90 Å². The summed E-state index contributed by atoms with van der Waals surface area (Å²) in [6.07, 6.45) is 0. The topological polar surface area (TPSA) is 73.2 Å².